The molecule has 0 radical (unpaired) electrons. The molecule has 0 N–H and O–H groups in total. The summed E-state index contributed by atoms with van der Waals surface area (Å²) in [5.74, 6) is 0.949. The van der Waals surface area contributed by atoms with Gasteiger partial charge >= 0.3 is 11.0 Å². The standard InChI is InChI=1S/C14H15N2O2S.BrH/c1-10(17)15-6-7-16-13(9-19-14(15)16)11-4-3-5-12(8-11)18-2;/h3-5,8-9H,6-7H2,1-2H3;1H/q+1;/p-1. The lowest BCUT2D eigenvalue weighted by atomic mass is 10.1. The van der Waals surface area contributed by atoms with Gasteiger partial charge in [0.2, 0.25) is 0 Å². The molecular formula is C14H15BrN2O2S. The van der Waals surface area contributed by atoms with E-state index in [0.717, 1.165) is 35.2 Å². The number of aromatic nitrogens is 1. The Kier molecular flexibility index (Phi) is 4.45. The third-order valence-corrected chi connectivity index (χ3v) is 4.31. The Hall–Kier alpha value is -1.40. The second-order valence-electron chi connectivity index (χ2n) is 4.46. The Balaban J connectivity index is 0.00000147. The van der Waals surface area contributed by atoms with E-state index in [9.17, 15) is 4.79 Å². The molecule has 6 heteroatoms. The fraction of sp³-hybridized carbons (Fsp3) is 0.286. The molecule has 0 atom stereocenters. The average Bonchev–Trinajstić information content (AvgIpc) is 2.99. The van der Waals surface area contributed by atoms with Crippen LogP contribution in [0.15, 0.2) is 29.6 Å². The molecule has 0 saturated heterocycles. The number of amides is 1. The number of rotatable bonds is 2. The average molecular weight is 355 g/mol. The molecule has 2 aromatic rings. The number of carbonyl (C=O) groups excluding carboxylic acids is 1. The highest BCUT2D eigenvalue weighted by atomic mass is 79.9. The summed E-state index contributed by atoms with van der Waals surface area (Å²) in [7, 11) is 1.67. The summed E-state index contributed by atoms with van der Waals surface area (Å²) in [4.78, 5) is 13.4. The molecule has 1 amide bonds. The Morgan fingerprint density at radius 3 is 2.95 bits per heavy atom. The predicted octanol–water partition coefficient (Wildman–Crippen LogP) is -0.918. The van der Waals surface area contributed by atoms with Crippen LogP contribution >= 0.6 is 11.3 Å². The van der Waals surface area contributed by atoms with Gasteiger partial charge in [0.05, 0.1) is 7.11 Å². The van der Waals surface area contributed by atoms with Crippen molar-refractivity contribution < 1.29 is 31.1 Å². The minimum Gasteiger partial charge on any atom is -1.00 e. The summed E-state index contributed by atoms with van der Waals surface area (Å²) < 4.78 is 7.46. The number of nitrogens with zero attached hydrogens (tertiary/aromatic N) is 2. The van der Waals surface area contributed by atoms with E-state index in [4.69, 9.17) is 4.74 Å². The highest BCUT2D eigenvalue weighted by Gasteiger charge is 2.35. The van der Waals surface area contributed by atoms with Crippen LogP contribution in [0.3, 0.4) is 0 Å². The molecule has 0 fully saturated rings. The lowest BCUT2D eigenvalue weighted by molar-refractivity contribution is -0.655. The number of anilines is 1. The summed E-state index contributed by atoms with van der Waals surface area (Å²) in [5.41, 5.74) is 2.26. The van der Waals surface area contributed by atoms with Gasteiger partial charge in [-0.3, -0.25) is 0 Å². The second kappa shape index (κ2) is 5.93. The van der Waals surface area contributed by atoms with Crippen LogP contribution in [0.1, 0.15) is 6.92 Å². The van der Waals surface area contributed by atoms with Crippen LogP contribution < -0.4 is 31.2 Å². The SMILES string of the molecule is COc1cccc(-c2csc3[n+]2CCN3C(C)=O)c1.[Br-]. The minimum absolute atomic E-state index is 0. The lowest BCUT2D eigenvalue weighted by Crippen LogP contribution is -3.00. The van der Waals surface area contributed by atoms with Gasteiger partial charge in [0, 0.05) is 17.9 Å². The van der Waals surface area contributed by atoms with Crippen molar-refractivity contribution in [1.29, 1.82) is 0 Å². The molecule has 20 heavy (non-hydrogen) atoms. The largest absolute Gasteiger partial charge is 1.00 e. The van der Waals surface area contributed by atoms with Gasteiger partial charge in [-0.15, -0.1) is 0 Å². The smallest absolute Gasteiger partial charge is 0.344 e. The zero-order valence-corrected chi connectivity index (χ0v) is 13.7. The number of fused-ring (bicyclic) bond motifs is 1. The Labute approximate surface area is 132 Å². The van der Waals surface area contributed by atoms with Crippen molar-refractivity contribution in [2.24, 2.45) is 0 Å². The molecule has 0 unspecified atom stereocenters. The topological polar surface area (TPSA) is 33.4 Å². The maximum atomic E-state index is 11.6. The molecule has 106 valence electrons. The molecule has 1 aromatic carbocycles. The third kappa shape index (κ3) is 2.45. The number of hydrogen-bond acceptors (Lipinski definition) is 3. The van der Waals surface area contributed by atoms with Gasteiger partial charge in [-0.1, -0.05) is 23.5 Å². The predicted molar refractivity (Wildman–Crippen MR) is 74.5 cm³/mol. The molecule has 0 saturated carbocycles. The van der Waals surface area contributed by atoms with Crippen molar-refractivity contribution >= 4 is 22.4 Å². The number of carbonyl (C=O) groups is 1. The van der Waals surface area contributed by atoms with Crippen molar-refractivity contribution in [1.82, 2.24) is 0 Å². The van der Waals surface area contributed by atoms with Gasteiger partial charge in [0.1, 0.15) is 24.5 Å². The van der Waals surface area contributed by atoms with Crippen molar-refractivity contribution in [2.75, 3.05) is 18.6 Å². The summed E-state index contributed by atoms with van der Waals surface area (Å²) in [6.45, 7) is 3.23. The van der Waals surface area contributed by atoms with E-state index in [0.29, 0.717) is 0 Å². The normalized spacial score (nSPS) is 12.8. The Morgan fingerprint density at radius 1 is 1.45 bits per heavy atom. The molecule has 0 aliphatic carbocycles. The summed E-state index contributed by atoms with van der Waals surface area (Å²) in [5, 5.41) is 3.12. The van der Waals surface area contributed by atoms with Gasteiger partial charge in [-0.25, -0.2) is 9.36 Å². The zero-order valence-electron chi connectivity index (χ0n) is 11.3. The summed E-state index contributed by atoms with van der Waals surface area (Å²) >= 11 is 1.61. The molecule has 1 aliphatic heterocycles. The summed E-state index contributed by atoms with van der Waals surface area (Å²) in [6.07, 6.45) is 0. The van der Waals surface area contributed by atoms with Crippen LogP contribution in [-0.4, -0.2) is 19.6 Å². The monoisotopic (exact) mass is 354 g/mol. The van der Waals surface area contributed by atoms with Crippen molar-refractivity contribution in [3.63, 3.8) is 0 Å². The van der Waals surface area contributed by atoms with Gasteiger partial charge in [-0.2, -0.15) is 4.90 Å². The lowest BCUT2D eigenvalue weighted by Gasteiger charge is -2.02. The van der Waals surface area contributed by atoms with E-state index in [1.54, 1.807) is 25.4 Å². The molecular weight excluding hydrogens is 340 g/mol. The minimum atomic E-state index is 0. The Bertz CT molecular complexity index is 642. The highest BCUT2D eigenvalue weighted by molar-refractivity contribution is 7.13. The van der Waals surface area contributed by atoms with E-state index in [-0.39, 0.29) is 22.9 Å². The highest BCUT2D eigenvalue weighted by Crippen LogP contribution is 2.30. The van der Waals surface area contributed by atoms with Crippen molar-refractivity contribution in [2.45, 2.75) is 13.5 Å². The fourth-order valence-corrected chi connectivity index (χ4v) is 3.50. The molecule has 0 spiro atoms. The van der Waals surface area contributed by atoms with Gasteiger partial charge < -0.3 is 21.7 Å². The second-order valence-corrected chi connectivity index (χ2v) is 5.29. The van der Waals surface area contributed by atoms with E-state index < -0.39 is 0 Å². The third-order valence-electron chi connectivity index (χ3n) is 3.32. The first-order valence-corrected chi connectivity index (χ1v) is 7.02. The van der Waals surface area contributed by atoms with Crippen LogP contribution in [0.25, 0.3) is 11.3 Å². The van der Waals surface area contributed by atoms with E-state index in [2.05, 4.69) is 16.0 Å². The molecule has 1 aromatic heterocycles. The first-order chi connectivity index (χ1) is 9.20. The number of thiazole rings is 1. The van der Waals surface area contributed by atoms with Gasteiger partial charge in [0.15, 0.2) is 0 Å². The fourth-order valence-electron chi connectivity index (χ4n) is 2.36. The van der Waals surface area contributed by atoms with Gasteiger partial charge in [0.25, 0.3) is 0 Å². The molecule has 2 heterocycles. The first-order valence-electron chi connectivity index (χ1n) is 6.14. The number of ether oxygens (including phenoxy) is 1. The molecule has 1 aliphatic rings. The summed E-state index contributed by atoms with van der Waals surface area (Å²) in [6, 6.07) is 8.00. The quantitative estimate of drug-likeness (QED) is 0.653. The van der Waals surface area contributed by atoms with Crippen LogP contribution in [0.5, 0.6) is 5.75 Å². The molecule has 4 nitrogen and oxygen atoms in total. The number of halogens is 1. The van der Waals surface area contributed by atoms with Crippen molar-refractivity contribution in [3.8, 4) is 17.0 Å². The number of methoxy groups -OCH3 is 1. The first kappa shape index (κ1) is 15.0. The van der Waals surface area contributed by atoms with Crippen molar-refractivity contribution in [3.05, 3.63) is 29.6 Å². The molecule has 0 bridgehead atoms. The zero-order chi connectivity index (χ0) is 13.4. The maximum Gasteiger partial charge on any atom is 0.344 e. The van der Waals surface area contributed by atoms with Crippen LogP contribution in [0.2, 0.25) is 0 Å². The van der Waals surface area contributed by atoms with Crippen LogP contribution in [-0.2, 0) is 11.3 Å². The van der Waals surface area contributed by atoms with Crippen LogP contribution in [0.4, 0.5) is 5.13 Å². The Morgan fingerprint density at radius 2 is 2.25 bits per heavy atom. The van der Waals surface area contributed by atoms with Crippen LogP contribution in [0, 0.1) is 0 Å². The van der Waals surface area contributed by atoms with E-state index in [1.165, 1.54) is 0 Å². The molecule has 3 rings (SSSR count). The van der Waals surface area contributed by atoms with E-state index >= 15 is 0 Å². The van der Waals surface area contributed by atoms with E-state index in [1.807, 2.05) is 23.1 Å². The van der Waals surface area contributed by atoms with Gasteiger partial charge in [-0.05, 0) is 12.1 Å². The maximum absolute atomic E-state index is 11.6. The number of hydrogen-bond donors (Lipinski definition) is 0. The number of benzene rings is 1.